The number of quaternary nitrogens is 1. The van der Waals surface area contributed by atoms with Gasteiger partial charge in [-0.05, 0) is 36.8 Å². The van der Waals surface area contributed by atoms with E-state index in [4.69, 9.17) is 0 Å². The molecule has 2 aromatic carbocycles. The van der Waals surface area contributed by atoms with Crippen LogP contribution in [0, 0.1) is 0 Å². The van der Waals surface area contributed by atoms with E-state index in [9.17, 15) is 14.4 Å². The number of hydrogen-bond donors (Lipinski definition) is 3. The summed E-state index contributed by atoms with van der Waals surface area (Å²) in [7, 11) is 0. The lowest BCUT2D eigenvalue weighted by molar-refractivity contribution is -0.892. The molecule has 7 nitrogen and oxygen atoms in total. The van der Waals surface area contributed by atoms with Crippen molar-refractivity contribution in [3.05, 3.63) is 65.7 Å². The molecular weight excluding hydrogens is 368 g/mol. The van der Waals surface area contributed by atoms with E-state index in [1.54, 1.807) is 6.92 Å². The van der Waals surface area contributed by atoms with Crippen molar-refractivity contribution < 1.29 is 19.3 Å². The number of amides is 3. The molecule has 1 aliphatic heterocycles. The van der Waals surface area contributed by atoms with Crippen LogP contribution in [0.25, 0.3) is 0 Å². The lowest BCUT2D eigenvalue weighted by Crippen LogP contribution is -3.16. The first-order valence-electron chi connectivity index (χ1n) is 9.82. The minimum atomic E-state index is -0.470. The quantitative estimate of drug-likeness (QED) is 0.627. The third-order valence-corrected chi connectivity index (χ3v) is 5.07. The molecule has 0 aliphatic carbocycles. The summed E-state index contributed by atoms with van der Waals surface area (Å²) in [6.45, 7) is 5.49. The Bertz CT molecular complexity index is 844. The average Bonchev–Trinajstić information content (AvgIpc) is 2.73. The number of piperazine rings is 1. The maximum Gasteiger partial charge on any atom is 0.321 e. The van der Waals surface area contributed by atoms with Crippen LogP contribution in [0.2, 0.25) is 0 Å². The van der Waals surface area contributed by atoms with Crippen LogP contribution in [0.4, 0.5) is 10.5 Å². The summed E-state index contributed by atoms with van der Waals surface area (Å²) in [5.41, 5.74) is 2.77. The van der Waals surface area contributed by atoms with E-state index in [0.29, 0.717) is 12.1 Å². The van der Waals surface area contributed by atoms with Crippen LogP contribution >= 0.6 is 0 Å². The minimum Gasteiger partial charge on any atom is -0.360 e. The number of nitrogens with one attached hydrogen (secondary N) is 3. The number of hydrogen-bond acceptors (Lipinski definition) is 4. The van der Waals surface area contributed by atoms with Crippen LogP contribution in [0.15, 0.2) is 54.6 Å². The molecule has 2 aromatic rings. The van der Waals surface area contributed by atoms with Crippen LogP contribution in [0.1, 0.15) is 22.8 Å². The Labute approximate surface area is 170 Å². The lowest BCUT2D eigenvalue weighted by Gasteiger charge is -2.33. The first kappa shape index (κ1) is 20.5. The Morgan fingerprint density at radius 1 is 0.966 bits per heavy atom. The number of rotatable bonds is 6. The summed E-state index contributed by atoms with van der Waals surface area (Å²) in [5, 5.41) is 5.10. The van der Waals surface area contributed by atoms with Gasteiger partial charge in [0.2, 0.25) is 0 Å². The molecule has 1 fully saturated rings. The van der Waals surface area contributed by atoms with Crippen molar-refractivity contribution in [1.29, 1.82) is 0 Å². The number of urea groups is 1. The second-order valence-electron chi connectivity index (χ2n) is 7.23. The predicted octanol–water partition coefficient (Wildman–Crippen LogP) is 0.620. The molecule has 0 aromatic heterocycles. The van der Waals surface area contributed by atoms with E-state index < -0.39 is 6.03 Å². The van der Waals surface area contributed by atoms with Crippen LogP contribution in [-0.2, 0) is 11.3 Å². The molecule has 1 saturated heterocycles. The number of Topliss-reactive ketones (excluding diaryl/α,β-unsaturated/α-hetero) is 1. The molecule has 0 saturated carbocycles. The Kier molecular flexibility index (Phi) is 6.97. The standard InChI is InChI=1S/C22H26N4O3/c1-17(27)19-7-9-20(10-8-19)26-13-11-25(12-14-26)16-21(28)24-22(29)23-15-18-5-3-2-4-6-18/h2-10H,11-16H2,1H3,(H2,23,24,28,29)/p+1. The largest absolute Gasteiger partial charge is 0.360 e. The van der Waals surface area contributed by atoms with Gasteiger partial charge in [-0.1, -0.05) is 30.3 Å². The van der Waals surface area contributed by atoms with Gasteiger partial charge < -0.3 is 15.1 Å². The highest BCUT2D eigenvalue weighted by Crippen LogP contribution is 2.15. The summed E-state index contributed by atoms with van der Waals surface area (Å²) < 4.78 is 0. The molecule has 3 rings (SSSR count). The second-order valence-corrected chi connectivity index (χ2v) is 7.23. The monoisotopic (exact) mass is 395 g/mol. The van der Waals surface area contributed by atoms with Gasteiger partial charge in [-0.3, -0.25) is 14.9 Å². The Balaban J connectivity index is 1.39. The molecule has 3 N–H and O–H groups in total. The summed E-state index contributed by atoms with van der Waals surface area (Å²) in [6.07, 6.45) is 0. The van der Waals surface area contributed by atoms with E-state index in [0.717, 1.165) is 42.3 Å². The minimum absolute atomic E-state index is 0.0598. The molecule has 1 aliphatic rings. The van der Waals surface area contributed by atoms with Gasteiger partial charge >= 0.3 is 6.03 Å². The Hall–Kier alpha value is -3.19. The van der Waals surface area contributed by atoms with E-state index in [1.807, 2.05) is 54.6 Å². The molecule has 0 bridgehead atoms. The fourth-order valence-electron chi connectivity index (χ4n) is 3.39. The summed E-state index contributed by atoms with van der Waals surface area (Å²) in [6, 6.07) is 16.7. The zero-order valence-corrected chi connectivity index (χ0v) is 16.6. The Morgan fingerprint density at radius 3 is 2.24 bits per heavy atom. The van der Waals surface area contributed by atoms with Gasteiger partial charge in [0.25, 0.3) is 5.91 Å². The first-order valence-corrected chi connectivity index (χ1v) is 9.82. The zero-order chi connectivity index (χ0) is 20.6. The van der Waals surface area contributed by atoms with Crippen LogP contribution in [0.5, 0.6) is 0 Å². The predicted molar refractivity (Wildman–Crippen MR) is 111 cm³/mol. The van der Waals surface area contributed by atoms with Crippen molar-refractivity contribution >= 4 is 23.4 Å². The lowest BCUT2D eigenvalue weighted by atomic mass is 10.1. The smallest absolute Gasteiger partial charge is 0.321 e. The van der Waals surface area contributed by atoms with Crippen molar-refractivity contribution in [2.75, 3.05) is 37.6 Å². The van der Waals surface area contributed by atoms with Gasteiger partial charge in [-0.15, -0.1) is 0 Å². The number of benzene rings is 2. The fourth-order valence-corrected chi connectivity index (χ4v) is 3.39. The molecule has 0 unspecified atom stereocenters. The van der Waals surface area contributed by atoms with Crippen molar-refractivity contribution in [3.63, 3.8) is 0 Å². The first-order chi connectivity index (χ1) is 14.0. The highest BCUT2D eigenvalue weighted by Gasteiger charge is 2.23. The van der Waals surface area contributed by atoms with Crippen molar-refractivity contribution in [2.45, 2.75) is 13.5 Å². The molecule has 3 amide bonds. The molecular formula is C22H27N4O3+. The van der Waals surface area contributed by atoms with Gasteiger partial charge in [-0.2, -0.15) is 0 Å². The topological polar surface area (TPSA) is 83.0 Å². The molecule has 152 valence electrons. The third kappa shape index (κ3) is 6.15. The van der Waals surface area contributed by atoms with Gasteiger partial charge in [0.1, 0.15) is 0 Å². The van der Waals surface area contributed by atoms with Crippen molar-refractivity contribution in [3.8, 4) is 0 Å². The van der Waals surface area contributed by atoms with Gasteiger partial charge in [0, 0.05) is 17.8 Å². The summed E-state index contributed by atoms with van der Waals surface area (Å²) in [4.78, 5) is 38.8. The number of carbonyl (C=O) groups is 3. The van der Waals surface area contributed by atoms with Crippen molar-refractivity contribution in [2.24, 2.45) is 0 Å². The molecule has 0 atom stereocenters. The van der Waals surface area contributed by atoms with Crippen LogP contribution in [0.3, 0.4) is 0 Å². The summed E-state index contributed by atoms with van der Waals surface area (Å²) >= 11 is 0. The summed E-state index contributed by atoms with van der Waals surface area (Å²) in [5.74, 6) is -0.213. The van der Waals surface area contributed by atoms with E-state index in [1.165, 1.54) is 0 Å². The number of anilines is 1. The SMILES string of the molecule is CC(=O)c1ccc(N2CC[NH+](CC(=O)NC(=O)NCc3ccccc3)CC2)cc1. The van der Waals surface area contributed by atoms with Gasteiger partial charge in [-0.25, -0.2) is 4.79 Å². The maximum atomic E-state index is 12.1. The average molecular weight is 395 g/mol. The zero-order valence-electron chi connectivity index (χ0n) is 16.6. The highest BCUT2D eigenvalue weighted by atomic mass is 16.2. The van der Waals surface area contributed by atoms with Crippen molar-refractivity contribution in [1.82, 2.24) is 10.6 Å². The van der Waals surface area contributed by atoms with Gasteiger partial charge in [0.15, 0.2) is 12.3 Å². The molecule has 7 heteroatoms. The van der Waals surface area contributed by atoms with E-state index in [2.05, 4.69) is 15.5 Å². The molecule has 29 heavy (non-hydrogen) atoms. The Morgan fingerprint density at radius 2 is 1.62 bits per heavy atom. The fraction of sp³-hybridized carbons (Fsp3) is 0.318. The third-order valence-electron chi connectivity index (χ3n) is 5.07. The molecule has 1 heterocycles. The second kappa shape index (κ2) is 9.84. The van der Waals surface area contributed by atoms with E-state index >= 15 is 0 Å². The number of carbonyl (C=O) groups excluding carboxylic acids is 3. The highest BCUT2D eigenvalue weighted by molar-refractivity contribution is 5.95. The van der Waals surface area contributed by atoms with Crippen LogP contribution in [-0.4, -0.2) is 50.4 Å². The molecule has 0 spiro atoms. The van der Waals surface area contributed by atoms with E-state index in [-0.39, 0.29) is 18.2 Å². The number of nitrogens with zero attached hydrogens (tertiary/aromatic N) is 1. The van der Waals surface area contributed by atoms with Gasteiger partial charge in [0.05, 0.1) is 26.2 Å². The maximum absolute atomic E-state index is 12.1. The normalized spacial score (nSPS) is 14.3. The number of imide groups is 1. The number of ketones is 1. The molecule has 0 radical (unpaired) electrons. The van der Waals surface area contributed by atoms with Crippen LogP contribution < -0.4 is 20.4 Å².